The number of para-hydroxylation sites is 1. The molecule has 0 bridgehead atoms. The zero-order valence-corrected chi connectivity index (χ0v) is 7.43. The third-order valence-corrected chi connectivity index (χ3v) is 2.02. The molecular formula is C9H12N2O2. The number of hydrogen-bond donors (Lipinski definition) is 1. The van der Waals surface area contributed by atoms with E-state index in [0.717, 1.165) is 0 Å². The zero-order chi connectivity index (χ0) is 9.84. The molecule has 0 aliphatic carbocycles. The van der Waals surface area contributed by atoms with Crippen LogP contribution in [0.3, 0.4) is 0 Å². The Labute approximate surface area is 76.5 Å². The molecule has 0 aliphatic rings. The summed E-state index contributed by atoms with van der Waals surface area (Å²) in [7, 11) is 0. The first-order chi connectivity index (χ1) is 6.16. The number of hydrogen-bond acceptors (Lipinski definition) is 3. The average molecular weight is 180 g/mol. The molecule has 4 heteroatoms. The van der Waals surface area contributed by atoms with Crippen molar-refractivity contribution in [3.8, 4) is 0 Å². The number of rotatable bonds is 3. The van der Waals surface area contributed by atoms with Crippen LogP contribution >= 0.6 is 0 Å². The summed E-state index contributed by atoms with van der Waals surface area (Å²) in [5.41, 5.74) is 6.31. The van der Waals surface area contributed by atoms with Crippen molar-refractivity contribution in [2.75, 3.05) is 6.54 Å². The summed E-state index contributed by atoms with van der Waals surface area (Å²) in [6, 6.07) is 6.69. The SMILES string of the molecule is CC(CN)c1ccccc1[N+](=O)[O-]. The molecule has 0 spiro atoms. The number of nitrogens with two attached hydrogens (primary N) is 1. The fraction of sp³-hybridized carbons (Fsp3) is 0.333. The summed E-state index contributed by atoms with van der Waals surface area (Å²) in [6.45, 7) is 2.30. The molecule has 2 N–H and O–H groups in total. The molecule has 0 aliphatic heterocycles. The van der Waals surface area contributed by atoms with Gasteiger partial charge in [-0.25, -0.2) is 0 Å². The van der Waals surface area contributed by atoms with Gasteiger partial charge < -0.3 is 5.73 Å². The van der Waals surface area contributed by atoms with Gasteiger partial charge in [-0.15, -0.1) is 0 Å². The molecule has 0 fully saturated rings. The van der Waals surface area contributed by atoms with Crippen molar-refractivity contribution in [3.63, 3.8) is 0 Å². The van der Waals surface area contributed by atoms with Gasteiger partial charge in [0.2, 0.25) is 0 Å². The van der Waals surface area contributed by atoms with Gasteiger partial charge in [-0.3, -0.25) is 10.1 Å². The van der Waals surface area contributed by atoms with E-state index in [1.807, 2.05) is 6.92 Å². The summed E-state index contributed by atoms with van der Waals surface area (Å²) in [5, 5.41) is 10.6. The third-order valence-electron chi connectivity index (χ3n) is 2.02. The van der Waals surface area contributed by atoms with Crippen molar-refractivity contribution in [2.45, 2.75) is 12.8 Å². The average Bonchev–Trinajstić information content (AvgIpc) is 2.16. The summed E-state index contributed by atoms with van der Waals surface area (Å²) < 4.78 is 0. The molecule has 4 nitrogen and oxygen atoms in total. The van der Waals surface area contributed by atoms with Gasteiger partial charge in [-0.1, -0.05) is 25.1 Å². The van der Waals surface area contributed by atoms with E-state index in [-0.39, 0.29) is 16.5 Å². The lowest BCUT2D eigenvalue weighted by molar-refractivity contribution is -0.385. The van der Waals surface area contributed by atoms with Gasteiger partial charge in [0.05, 0.1) is 4.92 Å². The number of nitrogens with zero attached hydrogens (tertiary/aromatic N) is 1. The number of nitro benzene ring substituents is 1. The van der Waals surface area contributed by atoms with Crippen LogP contribution in [0, 0.1) is 10.1 Å². The van der Waals surface area contributed by atoms with E-state index >= 15 is 0 Å². The van der Waals surface area contributed by atoms with Gasteiger partial charge in [0.25, 0.3) is 5.69 Å². The second-order valence-electron chi connectivity index (χ2n) is 2.95. The highest BCUT2D eigenvalue weighted by Gasteiger charge is 2.16. The lowest BCUT2D eigenvalue weighted by atomic mass is 10.00. The van der Waals surface area contributed by atoms with Crippen molar-refractivity contribution < 1.29 is 4.92 Å². The third kappa shape index (κ3) is 2.03. The summed E-state index contributed by atoms with van der Waals surface area (Å²) in [4.78, 5) is 10.2. The fourth-order valence-electron chi connectivity index (χ4n) is 1.20. The lowest BCUT2D eigenvalue weighted by Gasteiger charge is -2.08. The van der Waals surface area contributed by atoms with Gasteiger partial charge in [-0.2, -0.15) is 0 Å². The maximum atomic E-state index is 10.6. The summed E-state index contributed by atoms with van der Waals surface area (Å²) >= 11 is 0. The maximum Gasteiger partial charge on any atom is 0.272 e. The molecule has 0 saturated heterocycles. The molecule has 0 heterocycles. The second-order valence-corrected chi connectivity index (χ2v) is 2.95. The molecule has 0 aromatic heterocycles. The standard InChI is InChI=1S/C9H12N2O2/c1-7(6-10)8-4-2-3-5-9(8)11(12)13/h2-5,7H,6,10H2,1H3. The van der Waals surface area contributed by atoms with Crippen LogP contribution < -0.4 is 5.73 Å². The number of nitro groups is 1. The molecule has 0 radical (unpaired) electrons. The van der Waals surface area contributed by atoms with Crippen LogP contribution in [0.4, 0.5) is 5.69 Å². The predicted molar refractivity (Wildman–Crippen MR) is 50.6 cm³/mol. The highest BCUT2D eigenvalue weighted by atomic mass is 16.6. The minimum absolute atomic E-state index is 0.0293. The van der Waals surface area contributed by atoms with Gasteiger partial charge in [0, 0.05) is 17.5 Å². The highest BCUT2D eigenvalue weighted by Crippen LogP contribution is 2.24. The Hall–Kier alpha value is -1.42. The molecule has 0 amide bonds. The van der Waals surface area contributed by atoms with Crippen LogP contribution in [-0.4, -0.2) is 11.5 Å². The summed E-state index contributed by atoms with van der Waals surface area (Å²) in [6.07, 6.45) is 0. The first kappa shape index (κ1) is 9.67. The molecule has 13 heavy (non-hydrogen) atoms. The molecule has 1 aromatic carbocycles. The first-order valence-corrected chi connectivity index (χ1v) is 4.10. The van der Waals surface area contributed by atoms with E-state index in [2.05, 4.69) is 0 Å². The highest BCUT2D eigenvalue weighted by molar-refractivity contribution is 5.42. The predicted octanol–water partition coefficient (Wildman–Crippen LogP) is 1.66. The fourth-order valence-corrected chi connectivity index (χ4v) is 1.20. The van der Waals surface area contributed by atoms with Crippen molar-refractivity contribution >= 4 is 5.69 Å². The van der Waals surface area contributed by atoms with Crippen LogP contribution in [0.5, 0.6) is 0 Å². The van der Waals surface area contributed by atoms with Crippen LogP contribution in [0.1, 0.15) is 18.4 Å². The quantitative estimate of drug-likeness (QED) is 0.568. The molecule has 1 rings (SSSR count). The Kier molecular flexibility index (Phi) is 2.97. The largest absolute Gasteiger partial charge is 0.330 e. The lowest BCUT2D eigenvalue weighted by Crippen LogP contribution is -2.10. The Morgan fingerprint density at radius 3 is 2.69 bits per heavy atom. The molecule has 1 aromatic rings. The Balaban J connectivity index is 3.11. The smallest absolute Gasteiger partial charge is 0.272 e. The van der Waals surface area contributed by atoms with Crippen LogP contribution in [-0.2, 0) is 0 Å². The monoisotopic (exact) mass is 180 g/mol. The van der Waals surface area contributed by atoms with E-state index in [1.54, 1.807) is 18.2 Å². The molecule has 0 saturated carbocycles. The van der Waals surface area contributed by atoms with E-state index in [0.29, 0.717) is 12.1 Å². The normalized spacial score (nSPS) is 12.5. The van der Waals surface area contributed by atoms with Crippen molar-refractivity contribution in [2.24, 2.45) is 5.73 Å². The number of benzene rings is 1. The molecule has 1 atom stereocenters. The molecular weight excluding hydrogens is 168 g/mol. The van der Waals surface area contributed by atoms with E-state index in [9.17, 15) is 10.1 Å². The van der Waals surface area contributed by atoms with Crippen LogP contribution in [0.2, 0.25) is 0 Å². The second kappa shape index (κ2) is 4.00. The Morgan fingerprint density at radius 2 is 2.15 bits per heavy atom. The zero-order valence-electron chi connectivity index (χ0n) is 7.43. The minimum Gasteiger partial charge on any atom is -0.330 e. The van der Waals surface area contributed by atoms with E-state index < -0.39 is 0 Å². The van der Waals surface area contributed by atoms with E-state index in [1.165, 1.54) is 6.07 Å². The topological polar surface area (TPSA) is 69.2 Å². The van der Waals surface area contributed by atoms with Crippen molar-refractivity contribution in [1.29, 1.82) is 0 Å². The van der Waals surface area contributed by atoms with Crippen molar-refractivity contribution in [1.82, 2.24) is 0 Å². The van der Waals surface area contributed by atoms with E-state index in [4.69, 9.17) is 5.73 Å². The first-order valence-electron chi connectivity index (χ1n) is 4.10. The Morgan fingerprint density at radius 1 is 1.54 bits per heavy atom. The Bertz CT molecular complexity index is 312. The summed E-state index contributed by atoms with van der Waals surface area (Å²) in [5.74, 6) is 0.0293. The van der Waals surface area contributed by atoms with Gasteiger partial charge in [0.15, 0.2) is 0 Å². The minimum atomic E-state index is -0.374. The van der Waals surface area contributed by atoms with Crippen molar-refractivity contribution in [3.05, 3.63) is 39.9 Å². The van der Waals surface area contributed by atoms with Crippen LogP contribution in [0.25, 0.3) is 0 Å². The van der Waals surface area contributed by atoms with Gasteiger partial charge in [0.1, 0.15) is 0 Å². The van der Waals surface area contributed by atoms with Gasteiger partial charge >= 0.3 is 0 Å². The van der Waals surface area contributed by atoms with Crippen LogP contribution in [0.15, 0.2) is 24.3 Å². The maximum absolute atomic E-state index is 10.6. The molecule has 1 unspecified atom stereocenters. The molecule has 70 valence electrons. The van der Waals surface area contributed by atoms with Gasteiger partial charge in [-0.05, 0) is 6.54 Å².